The first-order valence-corrected chi connectivity index (χ1v) is 8.29. The standard InChI is InChI=1S/C18H19BrN2O.ClH/c19-16-8-4-7-14-12-21(10-9-15(14)16)18(22)17(20)11-13-5-2-1-3-6-13;/h1-8,17H,9-12,20H2;1H/t17-;/m0./s1. The van der Waals surface area contributed by atoms with E-state index in [1.54, 1.807) is 0 Å². The van der Waals surface area contributed by atoms with Gasteiger partial charge in [-0.05, 0) is 35.6 Å². The van der Waals surface area contributed by atoms with Crippen molar-refractivity contribution >= 4 is 34.2 Å². The number of nitrogens with zero attached hydrogens (tertiary/aromatic N) is 1. The molecule has 3 rings (SSSR count). The van der Waals surface area contributed by atoms with Crippen molar-refractivity contribution in [2.24, 2.45) is 5.73 Å². The van der Waals surface area contributed by atoms with Gasteiger partial charge in [0.05, 0.1) is 6.04 Å². The lowest BCUT2D eigenvalue weighted by Crippen LogP contribution is -2.46. The molecular weight excluding hydrogens is 376 g/mol. The Hall–Kier alpha value is -1.36. The summed E-state index contributed by atoms with van der Waals surface area (Å²) in [4.78, 5) is 14.5. The third-order valence-electron chi connectivity index (χ3n) is 4.14. The first-order valence-electron chi connectivity index (χ1n) is 7.49. The number of halogens is 2. The molecule has 0 fully saturated rings. The third-order valence-corrected chi connectivity index (χ3v) is 4.88. The van der Waals surface area contributed by atoms with Gasteiger partial charge in [-0.25, -0.2) is 0 Å². The normalized spacial score (nSPS) is 14.6. The summed E-state index contributed by atoms with van der Waals surface area (Å²) < 4.78 is 1.13. The summed E-state index contributed by atoms with van der Waals surface area (Å²) in [5.74, 6) is 0.0366. The molecule has 122 valence electrons. The van der Waals surface area contributed by atoms with Crippen molar-refractivity contribution in [3.63, 3.8) is 0 Å². The van der Waals surface area contributed by atoms with Crippen LogP contribution < -0.4 is 5.73 Å². The number of hydrogen-bond acceptors (Lipinski definition) is 2. The van der Waals surface area contributed by atoms with Crippen LogP contribution in [0.15, 0.2) is 53.0 Å². The molecule has 0 unspecified atom stereocenters. The maximum absolute atomic E-state index is 12.6. The number of rotatable bonds is 3. The number of amides is 1. The lowest BCUT2D eigenvalue weighted by molar-refractivity contribution is -0.133. The van der Waals surface area contributed by atoms with Gasteiger partial charge in [0.1, 0.15) is 0 Å². The van der Waals surface area contributed by atoms with E-state index in [4.69, 9.17) is 5.73 Å². The van der Waals surface area contributed by atoms with E-state index in [1.165, 1.54) is 11.1 Å². The van der Waals surface area contributed by atoms with Crippen LogP contribution in [0.4, 0.5) is 0 Å². The summed E-state index contributed by atoms with van der Waals surface area (Å²) in [6, 6.07) is 15.6. The van der Waals surface area contributed by atoms with Gasteiger partial charge < -0.3 is 10.6 Å². The van der Waals surface area contributed by atoms with Crippen molar-refractivity contribution in [2.45, 2.75) is 25.4 Å². The minimum Gasteiger partial charge on any atom is -0.337 e. The number of fused-ring (bicyclic) bond motifs is 1. The molecule has 0 bridgehead atoms. The maximum Gasteiger partial charge on any atom is 0.240 e. The molecule has 0 aliphatic carbocycles. The predicted molar refractivity (Wildman–Crippen MR) is 98.6 cm³/mol. The second-order valence-corrected chi connectivity index (χ2v) is 6.54. The highest BCUT2D eigenvalue weighted by atomic mass is 79.9. The molecule has 5 heteroatoms. The molecule has 3 nitrogen and oxygen atoms in total. The fraction of sp³-hybridized carbons (Fsp3) is 0.278. The molecular formula is C18H20BrClN2O. The van der Waals surface area contributed by atoms with Crippen LogP contribution in [-0.2, 0) is 24.2 Å². The minimum absolute atomic E-state index is 0. The second-order valence-electron chi connectivity index (χ2n) is 5.68. The van der Waals surface area contributed by atoms with E-state index in [0.717, 1.165) is 23.0 Å². The van der Waals surface area contributed by atoms with Gasteiger partial charge in [0, 0.05) is 17.6 Å². The first-order chi connectivity index (χ1) is 10.6. The summed E-state index contributed by atoms with van der Waals surface area (Å²) in [7, 11) is 0. The van der Waals surface area contributed by atoms with Crippen molar-refractivity contribution in [3.05, 3.63) is 69.7 Å². The fourth-order valence-corrected chi connectivity index (χ4v) is 3.55. The Morgan fingerprint density at radius 2 is 1.91 bits per heavy atom. The van der Waals surface area contributed by atoms with Crippen LogP contribution in [0, 0.1) is 0 Å². The van der Waals surface area contributed by atoms with E-state index >= 15 is 0 Å². The molecule has 0 spiro atoms. The summed E-state index contributed by atoms with van der Waals surface area (Å²) in [6.45, 7) is 1.38. The van der Waals surface area contributed by atoms with Crippen LogP contribution in [0.25, 0.3) is 0 Å². The number of nitrogens with two attached hydrogens (primary N) is 1. The quantitative estimate of drug-likeness (QED) is 0.866. The molecule has 1 atom stereocenters. The second kappa shape index (κ2) is 7.95. The molecule has 2 N–H and O–H groups in total. The van der Waals surface area contributed by atoms with Gasteiger partial charge in [0.15, 0.2) is 0 Å². The number of carbonyl (C=O) groups excluding carboxylic acids is 1. The summed E-state index contributed by atoms with van der Waals surface area (Å²) in [6.07, 6.45) is 1.46. The van der Waals surface area contributed by atoms with E-state index < -0.39 is 6.04 Å². The molecule has 0 aromatic heterocycles. The molecule has 1 aliphatic heterocycles. The van der Waals surface area contributed by atoms with E-state index in [0.29, 0.717) is 13.0 Å². The SMILES string of the molecule is Cl.N[C@@H](Cc1ccccc1)C(=O)N1CCc2c(Br)cccc2C1. The van der Waals surface area contributed by atoms with Gasteiger partial charge >= 0.3 is 0 Å². The summed E-state index contributed by atoms with van der Waals surface area (Å²) in [5.41, 5.74) is 9.75. The molecule has 0 radical (unpaired) electrons. The predicted octanol–water partition coefficient (Wildman–Crippen LogP) is 3.33. The van der Waals surface area contributed by atoms with Crippen LogP contribution in [0.3, 0.4) is 0 Å². The van der Waals surface area contributed by atoms with Crippen molar-refractivity contribution in [1.29, 1.82) is 0 Å². The highest BCUT2D eigenvalue weighted by Gasteiger charge is 2.25. The smallest absolute Gasteiger partial charge is 0.240 e. The van der Waals surface area contributed by atoms with Gasteiger partial charge in [-0.15, -0.1) is 12.4 Å². The minimum atomic E-state index is -0.476. The topological polar surface area (TPSA) is 46.3 Å². The monoisotopic (exact) mass is 394 g/mol. The van der Waals surface area contributed by atoms with Crippen LogP contribution in [-0.4, -0.2) is 23.4 Å². The molecule has 23 heavy (non-hydrogen) atoms. The Morgan fingerprint density at radius 3 is 2.65 bits per heavy atom. The van der Waals surface area contributed by atoms with Gasteiger partial charge in [-0.2, -0.15) is 0 Å². The molecule has 1 amide bonds. The maximum atomic E-state index is 12.6. The lowest BCUT2D eigenvalue weighted by Gasteiger charge is -2.31. The van der Waals surface area contributed by atoms with Crippen LogP contribution >= 0.6 is 28.3 Å². The Labute approximate surface area is 151 Å². The largest absolute Gasteiger partial charge is 0.337 e. The van der Waals surface area contributed by atoms with E-state index in [9.17, 15) is 4.79 Å². The average molecular weight is 396 g/mol. The molecule has 2 aromatic rings. The van der Waals surface area contributed by atoms with Crippen LogP contribution in [0.5, 0.6) is 0 Å². The number of carbonyl (C=O) groups is 1. The van der Waals surface area contributed by atoms with E-state index in [-0.39, 0.29) is 18.3 Å². The average Bonchev–Trinajstić information content (AvgIpc) is 2.55. The first kappa shape index (κ1) is 18.0. The number of benzene rings is 2. The zero-order valence-electron chi connectivity index (χ0n) is 12.7. The highest BCUT2D eigenvalue weighted by Crippen LogP contribution is 2.26. The van der Waals surface area contributed by atoms with Gasteiger partial charge in [-0.1, -0.05) is 58.4 Å². The van der Waals surface area contributed by atoms with Crippen molar-refractivity contribution in [2.75, 3.05) is 6.54 Å². The fourth-order valence-electron chi connectivity index (χ4n) is 2.94. The highest BCUT2D eigenvalue weighted by molar-refractivity contribution is 9.10. The summed E-state index contributed by atoms with van der Waals surface area (Å²) in [5, 5.41) is 0. The van der Waals surface area contributed by atoms with Gasteiger partial charge in [0.2, 0.25) is 5.91 Å². The van der Waals surface area contributed by atoms with Gasteiger partial charge in [0.25, 0.3) is 0 Å². The van der Waals surface area contributed by atoms with Crippen LogP contribution in [0.1, 0.15) is 16.7 Å². The van der Waals surface area contributed by atoms with Crippen molar-refractivity contribution in [1.82, 2.24) is 4.90 Å². The summed E-state index contributed by atoms with van der Waals surface area (Å²) >= 11 is 3.58. The zero-order valence-corrected chi connectivity index (χ0v) is 15.1. The Bertz CT molecular complexity index is 678. The molecule has 1 heterocycles. The van der Waals surface area contributed by atoms with Crippen molar-refractivity contribution < 1.29 is 4.79 Å². The number of hydrogen-bond donors (Lipinski definition) is 1. The lowest BCUT2D eigenvalue weighted by atomic mass is 9.98. The van der Waals surface area contributed by atoms with Crippen molar-refractivity contribution in [3.8, 4) is 0 Å². The molecule has 0 saturated carbocycles. The Kier molecular flexibility index (Phi) is 6.22. The molecule has 0 saturated heterocycles. The van der Waals surface area contributed by atoms with Crippen LogP contribution in [0.2, 0.25) is 0 Å². The van der Waals surface area contributed by atoms with Gasteiger partial charge in [-0.3, -0.25) is 4.79 Å². The van der Waals surface area contributed by atoms with E-state index in [1.807, 2.05) is 41.3 Å². The molecule has 2 aromatic carbocycles. The third kappa shape index (κ3) is 4.14. The van der Waals surface area contributed by atoms with E-state index in [2.05, 4.69) is 28.1 Å². The molecule has 1 aliphatic rings. The Morgan fingerprint density at radius 1 is 1.17 bits per heavy atom. The Balaban J connectivity index is 0.00000192. The zero-order chi connectivity index (χ0) is 15.5.